The van der Waals surface area contributed by atoms with Gasteiger partial charge >= 0.3 is 6.03 Å². The van der Waals surface area contributed by atoms with Crippen molar-refractivity contribution in [2.45, 2.75) is 94.7 Å². The van der Waals surface area contributed by atoms with E-state index in [2.05, 4.69) is 17.3 Å². The summed E-state index contributed by atoms with van der Waals surface area (Å²) >= 11 is 13.2. The Morgan fingerprint density at radius 1 is 0.907 bits per heavy atom. The summed E-state index contributed by atoms with van der Waals surface area (Å²) in [5.74, 6) is 0.772. The quantitative estimate of drug-likeness (QED) is 0.0960. The van der Waals surface area contributed by atoms with Gasteiger partial charge in [0.15, 0.2) is 11.5 Å². The van der Waals surface area contributed by atoms with Crippen LogP contribution in [0.3, 0.4) is 0 Å². The highest BCUT2D eigenvalue weighted by atomic mass is 35.5. The molecule has 8 nitrogen and oxygen atoms in total. The second-order valence-electron chi connectivity index (χ2n) is 10.7. The molecule has 1 aromatic heterocycles. The van der Waals surface area contributed by atoms with Crippen LogP contribution in [0.4, 0.5) is 16.2 Å². The molecular weight excluding hydrogens is 587 g/mol. The van der Waals surface area contributed by atoms with Gasteiger partial charge in [0.25, 0.3) is 5.56 Å². The number of nitrogens with zero attached hydrogens (tertiary/aromatic N) is 2. The van der Waals surface area contributed by atoms with Crippen molar-refractivity contribution >= 4 is 40.6 Å². The van der Waals surface area contributed by atoms with Crippen LogP contribution in [0.15, 0.2) is 65.6 Å². The zero-order valence-electron chi connectivity index (χ0n) is 25.4. The highest BCUT2D eigenvalue weighted by Gasteiger charge is 2.26. The molecule has 2 aromatic carbocycles. The molecule has 236 valence electrons. The van der Waals surface area contributed by atoms with Gasteiger partial charge in [-0.25, -0.2) is 4.79 Å². The van der Waals surface area contributed by atoms with E-state index in [4.69, 9.17) is 32.7 Å². The molecule has 3 rings (SSSR count). The summed E-state index contributed by atoms with van der Waals surface area (Å²) in [5, 5.41) is 6.87. The van der Waals surface area contributed by atoms with Crippen molar-refractivity contribution in [3.63, 3.8) is 0 Å². The number of hydrogen-bond acceptors (Lipinski definition) is 4. The Morgan fingerprint density at radius 2 is 1.58 bits per heavy atom. The van der Waals surface area contributed by atoms with E-state index >= 15 is 0 Å². The number of alkyl halides is 2. The maximum atomic E-state index is 13.4. The Hall–Kier alpha value is -3.10. The number of carbonyl (C=O) groups excluding carboxylic acids is 1. The topological polar surface area (TPSA) is 88.6 Å². The average Bonchev–Trinajstić information content (AvgIpc) is 3.42. The largest absolute Gasteiger partial charge is 0.491 e. The number of methoxy groups -OCH3 is 1. The first-order valence-corrected chi connectivity index (χ1v) is 16.3. The Bertz CT molecular complexity index is 1270. The first-order valence-electron chi connectivity index (χ1n) is 15.4. The number of nitrogens with one attached hydrogen (secondary N) is 2. The number of ether oxygens (including phenoxy) is 2. The van der Waals surface area contributed by atoms with Crippen molar-refractivity contribution in [1.29, 1.82) is 0 Å². The average molecular weight is 634 g/mol. The predicted octanol–water partition coefficient (Wildman–Crippen LogP) is 8.98. The van der Waals surface area contributed by atoms with Gasteiger partial charge in [0.05, 0.1) is 13.7 Å². The minimum absolute atomic E-state index is 0.0229. The first kappa shape index (κ1) is 34.4. The molecule has 2 N–H and O–H groups in total. The van der Waals surface area contributed by atoms with Gasteiger partial charge < -0.3 is 14.8 Å². The van der Waals surface area contributed by atoms with Crippen LogP contribution in [0.25, 0.3) is 0 Å². The van der Waals surface area contributed by atoms with E-state index in [0.29, 0.717) is 29.5 Å². The van der Waals surface area contributed by atoms with Crippen LogP contribution in [0.5, 0.6) is 11.5 Å². The molecule has 43 heavy (non-hydrogen) atoms. The molecule has 0 spiro atoms. The molecule has 0 aliphatic rings. The molecule has 10 heteroatoms. The number of halogens is 2. The highest BCUT2D eigenvalue weighted by molar-refractivity contribution is 6.23. The van der Waals surface area contributed by atoms with Crippen molar-refractivity contribution in [2.75, 3.05) is 24.0 Å². The number of para-hydroxylation sites is 2. The monoisotopic (exact) mass is 632 g/mol. The second-order valence-corrected chi connectivity index (χ2v) is 11.9. The maximum absolute atomic E-state index is 13.4. The summed E-state index contributed by atoms with van der Waals surface area (Å²) in [6.45, 7) is 2.65. The minimum Gasteiger partial charge on any atom is -0.491 e. The van der Waals surface area contributed by atoms with Gasteiger partial charge in [-0.3, -0.25) is 9.89 Å². The molecule has 0 bridgehead atoms. The number of amides is 2. The summed E-state index contributed by atoms with van der Waals surface area (Å²) in [6.07, 6.45) is 15.1. The van der Waals surface area contributed by atoms with E-state index in [1.165, 1.54) is 69.3 Å². The summed E-state index contributed by atoms with van der Waals surface area (Å²) in [5.41, 5.74) is 0.500. The van der Waals surface area contributed by atoms with Crippen molar-refractivity contribution in [2.24, 2.45) is 0 Å². The fraction of sp³-hybridized carbons (Fsp3) is 0.515. The van der Waals surface area contributed by atoms with Gasteiger partial charge in [0, 0.05) is 28.7 Å². The fourth-order valence-electron chi connectivity index (χ4n) is 4.97. The van der Waals surface area contributed by atoms with Crippen LogP contribution >= 0.6 is 23.2 Å². The molecule has 0 aliphatic heterocycles. The van der Waals surface area contributed by atoms with Crippen LogP contribution < -0.4 is 25.4 Å². The van der Waals surface area contributed by atoms with Crippen LogP contribution in [-0.4, -0.2) is 40.4 Å². The number of urea groups is 1. The fourth-order valence-corrected chi connectivity index (χ4v) is 5.80. The SMILES string of the molecule is CCCCCCCCCCC(Cl)CC(Cl)CCCOc1cccc(N(C(=O)Nc2ccccc2)n2[nH]ccc2=O)c1OC. The van der Waals surface area contributed by atoms with Gasteiger partial charge in [0.2, 0.25) is 0 Å². The molecule has 2 amide bonds. The summed E-state index contributed by atoms with van der Waals surface area (Å²) in [7, 11) is 1.50. The molecule has 0 saturated heterocycles. The summed E-state index contributed by atoms with van der Waals surface area (Å²) in [6, 6.07) is 15.0. The lowest BCUT2D eigenvalue weighted by molar-refractivity contribution is 0.253. The van der Waals surface area contributed by atoms with Crippen molar-refractivity contribution in [3.05, 3.63) is 71.1 Å². The number of hydrogen-bond donors (Lipinski definition) is 2. The third-order valence-electron chi connectivity index (χ3n) is 7.24. The predicted molar refractivity (Wildman–Crippen MR) is 177 cm³/mol. The number of rotatable bonds is 20. The van der Waals surface area contributed by atoms with Gasteiger partial charge in [-0.15, -0.1) is 28.0 Å². The van der Waals surface area contributed by atoms with Gasteiger partial charge in [-0.05, 0) is 49.9 Å². The Balaban J connectivity index is 1.52. The summed E-state index contributed by atoms with van der Waals surface area (Å²) < 4.78 is 11.8. The van der Waals surface area contributed by atoms with Crippen molar-refractivity contribution < 1.29 is 14.3 Å². The van der Waals surface area contributed by atoms with Crippen molar-refractivity contribution in [3.8, 4) is 11.5 Å². The number of unbranched alkanes of at least 4 members (excludes halogenated alkanes) is 7. The third kappa shape index (κ3) is 11.5. The molecule has 3 aromatic rings. The van der Waals surface area contributed by atoms with E-state index in [0.717, 1.165) is 36.9 Å². The number of carbonyl (C=O) groups is 1. The Kier molecular flexibility index (Phi) is 15.4. The molecular formula is C33H46Cl2N4O4. The number of H-pyrrole nitrogens is 1. The summed E-state index contributed by atoms with van der Waals surface area (Å²) in [4.78, 5) is 27.1. The second kappa shape index (κ2) is 19.2. The van der Waals surface area contributed by atoms with Crippen molar-refractivity contribution in [1.82, 2.24) is 9.89 Å². The Labute approximate surface area is 265 Å². The molecule has 2 unspecified atom stereocenters. The smallest absolute Gasteiger partial charge is 0.347 e. The van der Waals surface area contributed by atoms with Gasteiger partial charge in [0.1, 0.15) is 5.69 Å². The third-order valence-corrected chi connectivity index (χ3v) is 8.03. The van der Waals surface area contributed by atoms with E-state index in [1.807, 2.05) is 18.2 Å². The highest BCUT2D eigenvalue weighted by Crippen LogP contribution is 2.38. The normalized spacial score (nSPS) is 12.5. The van der Waals surface area contributed by atoms with Gasteiger partial charge in [-0.2, -0.15) is 5.01 Å². The van der Waals surface area contributed by atoms with E-state index < -0.39 is 11.6 Å². The van der Waals surface area contributed by atoms with Crippen LogP contribution in [0.1, 0.15) is 84.0 Å². The Morgan fingerprint density at radius 3 is 2.23 bits per heavy atom. The van der Waals surface area contributed by atoms with E-state index in [9.17, 15) is 9.59 Å². The molecule has 1 heterocycles. The number of benzene rings is 2. The zero-order valence-corrected chi connectivity index (χ0v) is 26.9. The van der Waals surface area contributed by atoms with Gasteiger partial charge in [-0.1, -0.05) is 82.6 Å². The van der Waals surface area contributed by atoms with Crippen LogP contribution in [0.2, 0.25) is 0 Å². The number of anilines is 2. The van der Waals surface area contributed by atoms with E-state index in [-0.39, 0.29) is 10.8 Å². The first-order chi connectivity index (χ1) is 20.9. The lowest BCUT2D eigenvalue weighted by Gasteiger charge is -2.25. The maximum Gasteiger partial charge on any atom is 0.347 e. The molecule has 0 aliphatic carbocycles. The van der Waals surface area contributed by atoms with E-state index in [1.54, 1.807) is 30.3 Å². The van der Waals surface area contributed by atoms with Crippen LogP contribution in [-0.2, 0) is 0 Å². The lowest BCUT2D eigenvalue weighted by atomic mass is 10.0. The number of aromatic nitrogens is 2. The van der Waals surface area contributed by atoms with Crippen LogP contribution in [0, 0.1) is 0 Å². The lowest BCUT2D eigenvalue weighted by Crippen LogP contribution is -2.45. The molecule has 0 fully saturated rings. The molecule has 2 atom stereocenters. The number of aromatic amines is 1. The molecule has 0 radical (unpaired) electrons. The zero-order chi connectivity index (χ0) is 30.9. The minimum atomic E-state index is -0.557. The standard InChI is InChI=1S/C33H46Cl2N4O4/c1-3-4-5-6-7-8-9-11-16-26(34)25-27(35)17-15-24-43-30-21-14-20-29(32(30)42-2)38(39-31(40)22-23-36-39)33(41)37-28-18-12-10-13-19-28/h10,12-14,18-23,26-27,36H,3-9,11,15-17,24-25H2,1-2H3,(H,37,41). The molecule has 0 saturated carbocycles.